The summed E-state index contributed by atoms with van der Waals surface area (Å²) in [6, 6.07) is 12.3. The molecule has 1 aliphatic rings. The molecule has 1 aliphatic heterocycles. The van der Waals surface area contributed by atoms with Crippen LogP contribution in [0.1, 0.15) is 28.0 Å². The first kappa shape index (κ1) is 20.9. The van der Waals surface area contributed by atoms with E-state index < -0.39 is 5.82 Å². The minimum Gasteiger partial charge on any atom is -0.350 e. The summed E-state index contributed by atoms with van der Waals surface area (Å²) >= 11 is 0. The Bertz CT molecular complexity index is 1420. The number of halogens is 1. The number of hydrogen-bond acceptors (Lipinski definition) is 4. The highest BCUT2D eigenvalue weighted by Gasteiger charge is 2.25. The average Bonchev–Trinajstić information content (AvgIpc) is 3.51. The van der Waals surface area contributed by atoms with Gasteiger partial charge in [-0.1, -0.05) is 12.1 Å². The average molecular weight is 442 g/mol. The molecule has 166 valence electrons. The number of carbonyl (C=O) groups is 1. The van der Waals surface area contributed by atoms with Crippen molar-refractivity contribution in [3.8, 4) is 28.5 Å². The standard InChI is InChI=1S/C25H23FN6O/c1-14-22(15-3-4-17(11-27)20(26)10-15)24(16-5-6-21-18(9-16)13-32(2)31-21)30-23(14)25(33)29-19-7-8-28-12-19/h3-6,9-10,13,19,28,30H,7-8,12H2,1-2H3,(H,29,33)/t19-/m1/s1. The summed E-state index contributed by atoms with van der Waals surface area (Å²) in [7, 11) is 1.86. The fourth-order valence-electron chi connectivity index (χ4n) is 4.50. The predicted octanol–water partition coefficient (Wildman–Crippen LogP) is 3.65. The number of fused-ring (bicyclic) bond motifs is 1. The van der Waals surface area contributed by atoms with E-state index in [4.69, 9.17) is 5.26 Å². The van der Waals surface area contributed by atoms with E-state index in [0.29, 0.717) is 11.3 Å². The monoisotopic (exact) mass is 442 g/mol. The Kier molecular flexibility index (Phi) is 5.19. The highest BCUT2D eigenvalue weighted by molar-refractivity contribution is 6.00. The fourth-order valence-corrected chi connectivity index (χ4v) is 4.50. The van der Waals surface area contributed by atoms with E-state index in [0.717, 1.165) is 52.8 Å². The Hall–Kier alpha value is -3.96. The molecule has 3 heterocycles. The van der Waals surface area contributed by atoms with Crippen molar-refractivity contribution in [3.63, 3.8) is 0 Å². The molecule has 1 amide bonds. The molecule has 3 N–H and O–H groups in total. The summed E-state index contributed by atoms with van der Waals surface area (Å²) in [6.07, 6.45) is 2.81. The Balaban J connectivity index is 1.66. The Morgan fingerprint density at radius 2 is 2.09 bits per heavy atom. The largest absolute Gasteiger partial charge is 0.350 e. The van der Waals surface area contributed by atoms with Crippen molar-refractivity contribution in [2.45, 2.75) is 19.4 Å². The first-order valence-corrected chi connectivity index (χ1v) is 10.8. The molecule has 0 saturated carbocycles. The third-order valence-corrected chi connectivity index (χ3v) is 6.16. The number of aryl methyl sites for hydroxylation is 1. The fraction of sp³-hybridized carbons (Fsp3) is 0.240. The number of carbonyl (C=O) groups excluding carboxylic acids is 1. The van der Waals surface area contributed by atoms with Gasteiger partial charge in [-0.05, 0) is 60.8 Å². The zero-order chi connectivity index (χ0) is 23.1. The number of amides is 1. The van der Waals surface area contributed by atoms with Gasteiger partial charge in [0.25, 0.3) is 5.91 Å². The number of nitrogens with zero attached hydrogens (tertiary/aromatic N) is 3. The number of hydrogen-bond donors (Lipinski definition) is 3. The number of aromatic amines is 1. The van der Waals surface area contributed by atoms with Crippen molar-refractivity contribution in [3.05, 3.63) is 65.2 Å². The summed E-state index contributed by atoms with van der Waals surface area (Å²) in [5.74, 6) is -0.780. The minimum atomic E-state index is -0.590. The molecule has 1 fully saturated rings. The van der Waals surface area contributed by atoms with Crippen LogP contribution in [0.2, 0.25) is 0 Å². The molecule has 5 rings (SSSR count). The van der Waals surface area contributed by atoms with Crippen LogP contribution in [-0.4, -0.2) is 39.8 Å². The lowest BCUT2D eigenvalue weighted by Gasteiger charge is -2.11. The van der Waals surface area contributed by atoms with E-state index in [-0.39, 0.29) is 17.5 Å². The summed E-state index contributed by atoms with van der Waals surface area (Å²) in [5, 5.41) is 20.8. The first-order chi connectivity index (χ1) is 15.9. The molecule has 1 saturated heterocycles. The minimum absolute atomic E-state index is 0.0167. The smallest absolute Gasteiger partial charge is 0.268 e. The van der Waals surface area contributed by atoms with Crippen LogP contribution in [0, 0.1) is 24.1 Å². The lowest BCUT2D eigenvalue weighted by molar-refractivity contribution is 0.0935. The van der Waals surface area contributed by atoms with Crippen LogP contribution in [-0.2, 0) is 7.05 Å². The molecule has 0 radical (unpaired) electrons. The van der Waals surface area contributed by atoms with Crippen molar-refractivity contribution in [2.24, 2.45) is 7.05 Å². The van der Waals surface area contributed by atoms with Gasteiger partial charge in [0.05, 0.1) is 16.8 Å². The van der Waals surface area contributed by atoms with Crippen LogP contribution in [0.4, 0.5) is 4.39 Å². The quantitative estimate of drug-likeness (QED) is 0.449. The van der Waals surface area contributed by atoms with E-state index in [9.17, 15) is 9.18 Å². The van der Waals surface area contributed by atoms with Crippen LogP contribution < -0.4 is 10.6 Å². The van der Waals surface area contributed by atoms with Gasteiger partial charge in [-0.15, -0.1) is 0 Å². The number of nitrogens with one attached hydrogen (secondary N) is 3. The topological polar surface area (TPSA) is 98.5 Å². The molecule has 33 heavy (non-hydrogen) atoms. The molecule has 1 atom stereocenters. The summed E-state index contributed by atoms with van der Waals surface area (Å²) in [5.41, 5.74) is 4.93. The molecule has 8 heteroatoms. The van der Waals surface area contributed by atoms with Crippen LogP contribution in [0.15, 0.2) is 42.6 Å². The van der Waals surface area contributed by atoms with Gasteiger partial charge in [-0.3, -0.25) is 9.48 Å². The zero-order valence-electron chi connectivity index (χ0n) is 18.4. The Labute approximate surface area is 190 Å². The van der Waals surface area contributed by atoms with Gasteiger partial charge in [0.2, 0.25) is 0 Å². The molecule has 4 aromatic rings. The number of H-pyrrole nitrogens is 1. The second-order valence-electron chi connectivity index (χ2n) is 8.42. The highest BCUT2D eigenvalue weighted by Crippen LogP contribution is 2.38. The normalized spacial score (nSPS) is 15.6. The number of rotatable bonds is 4. The molecule has 7 nitrogen and oxygen atoms in total. The highest BCUT2D eigenvalue weighted by atomic mass is 19.1. The lowest BCUT2D eigenvalue weighted by atomic mass is 9.96. The predicted molar refractivity (Wildman–Crippen MR) is 124 cm³/mol. The molecule has 0 unspecified atom stereocenters. The van der Waals surface area contributed by atoms with E-state index in [2.05, 4.69) is 20.7 Å². The van der Waals surface area contributed by atoms with Gasteiger partial charge in [-0.25, -0.2) is 4.39 Å². The third-order valence-electron chi connectivity index (χ3n) is 6.16. The first-order valence-electron chi connectivity index (χ1n) is 10.8. The van der Waals surface area contributed by atoms with E-state index in [1.165, 1.54) is 12.1 Å². The number of nitriles is 1. The molecular formula is C25H23FN6O. The summed E-state index contributed by atoms with van der Waals surface area (Å²) in [6.45, 7) is 3.47. The van der Waals surface area contributed by atoms with Crippen LogP contribution in [0.3, 0.4) is 0 Å². The third kappa shape index (κ3) is 3.77. The lowest BCUT2D eigenvalue weighted by Crippen LogP contribution is -2.36. The molecular weight excluding hydrogens is 419 g/mol. The maximum atomic E-state index is 14.5. The van der Waals surface area contributed by atoms with Gasteiger partial charge in [0.1, 0.15) is 17.6 Å². The number of aromatic nitrogens is 3. The summed E-state index contributed by atoms with van der Waals surface area (Å²) < 4.78 is 16.3. The van der Waals surface area contributed by atoms with Gasteiger partial charge < -0.3 is 15.6 Å². The summed E-state index contributed by atoms with van der Waals surface area (Å²) in [4.78, 5) is 16.4. The van der Waals surface area contributed by atoms with E-state index >= 15 is 0 Å². The van der Waals surface area contributed by atoms with Gasteiger partial charge in [-0.2, -0.15) is 10.4 Å². The maximum Gasteiger partial charge on any atom is 0.268 e. The van der Waals surface area contributed by atoms with Gasteiger partial charge in [0, 0.05) is 36.8 Å². The molecule has 0 spiro atoms. The molecule has 0 bridgehead atoms. The van der Waals surface area contributed by atoms with Gasteiger partial charge >= 0.3 is 0 Å². The van der Waals surface area contributed by atoms with Gasteiger partial charge in [0.15, 0.2) is 0 Å². The van der Waals surface area contributed by atoms with Crippen molar-refractivity contribution in [1.82, 2.24) is 25.4 Å². The Morgan fingerprint density at radius 1 is 1.27 bits per heavy atom. The molecule has 2 aromatic carbocycles. The second kappa shape index (κ2) is 8.19. The Morgan fingerprint density at radius 3 is 2.82 bits per heavy atom. The van der Waals surface area contributed by atoms with Crippen molar-refractivity contribution < 1.29 is 9.18 Å². The van der Waals surface area contributed by atoms with Crippen molar-refractivity contribution in [1.29, 1.82) is 5.26 Å². The van der Waals surface area contributed by atoms with Crippen LogP contribution >= 0.6 is 0 Å². The van der Waals surface area contributed by atoms with Crippen molar-refractivity contribution in [2.75, 3.05) is 13.1 Å². The SMILES string of the molecule is Cc1c(C(=O)N[C@@H]2CCNC2)[nH]c(-c2ccc3nn(C)cc3c2)c1-c1ccc(C#N)c(F)c1. The maximum absolute atomic E-state index is 14.5. The van der Waals surface area contributed by atoms with E-state index in [1.54, 1.807) is 10.7 Å². The molecule has 0 aliphatic carbocycles. The van der Waals surface area contributed by atoms with Crippen LogP contribution in [0.5, 0.6) is 0 Å². The molecule has 2 aromatic heterocycles. The zero-order valence-corrected chi connectivity index (χ0v) is 18.4. The number of benzene rings is 2. The van der Waals surface area contributed by atoms with E-state index in [1.807, 2.05) is 44.4 Å². The second-order valence-corrected chi connectivity index (χ2v) is 8.42. The van der Waals surface area contributed by atoms with Crippen molar-refractivity contribution >= 4 is 16.8 Å². The van der Waals surface area contributed by atoms with Crippen LogP contribution in [0.25, 0.3) is 33.3 Å².